The number of halogens is 1. The molecule has 3 aromatic rings. The number of carbonyl (C=O) groups is 1. The van der Waals surface area contributed by atoms with Gasteiger partial charge in [0.2, 0.25) is 5.95 Å². The van der Waals surface area contributed by atoms with Gasteiger partial charge >= 0.3 is 5.97 Å². The molecule has 0 saturated carbocycles. The molecule has 0 radical (unpaired) electrons. The minimum Gasteiger partial charge on any atom is -0.478 e. The predicted molar refractivity (Wildman–Crippen MR) is 85.5 cm³/mol. The van der Waals surface area contributed by atoms with Gasteiger partial charge in [0, 0.05) is 11.8 Å². The van der Waals surface area contributed by atoms with Crippen LogP contribution in [0.4, 0.5) is 16.0 Å². The van der Waals surface area contributed by atoms with Crippen LogP contribution in [0.15, 0.2) is 42.9 Å². The summed E-state index contributed by atoms with van der Waals surface area (Å²) in [6.45, 7) is 0.0865. The summed E-state index contributed by atoms with van der Waals surface area (Å²) in [5.41, 5.74) is 0.477. The van der Waals surface area contributed by atoms with E-state index in [-0.39, 0.29) is 29.3 Å². The van der Waals surface area contributed by atoms with Gasteiger partial charge in [-0.05, 0) is 6.07 Å². The molecule has 0 aliphatic heterocycles. The first-order valence-electron chi connectivity index (χ1n) is 7.10. The van der Waals surface area contributed by atoms with Gasteiger partial charge in [-0.1, -0.05) is 18.2 Å². The molecule has 3 rings (SSSR count). The Morgan fingerprint density at radius 2 is 2.16 bits per heavy atom. The quantitative estimate of drug-likeness (QED) is 0.733. The van der Waals surface area contributed by atoms with Crippen molar-refractivity contribution in [3.05, 3.63) is 54.2 Å². The molecule has 2 aromatic heterocycles. The van der Waals surface area contributed by atoms with E-state index < -0.39 is 11.8 Å². The fourth-order valence-electron chi connectivity index (χ4n) is 2.21. The molecule has 124 valence electrons. The number of nitriles is 1. The van der Waals surface area contributed by atoms with E-state index in [1.54, 1.807) is 18.3 Å². The number of anilines is 2. The number of carboxylic acids is 1. The molecule has 9 heteroatoms. The van der Waals surface area contributed by atoms with Crippen LogP contribution in [0.1, 0.15) is 10.4 Å². The monoisotopic (exact) mass is 338 g/mol. The zero-order valence-corrected chi connectivity index (χ0v) is 12.7. The van der Waals surface area contributed by atoms with E-state index in [9.17, 15) is 14.3 Å². The lowest BCUT2D eigenvalue weighted by Gasteiger charge is -2.08. The van der Waals surface area contributed by atoms with Crippen LogP contribution in [0.25, 0.3) is 11.3 Å². The van der Waals surface area contributed by atoms with E-state index in [4.69, 9.17) is 5.26 Å². The van der Waals surface area contributed by atoms with Crippen LogP contribution in [0.3, 0.4) is 0 Å². The molecule has 0 amide bonds. The molecule has 2 heterocycles. The van der Waals surface area contributed by atoms with Gasteiger partial charge in [0.25, 0.3) is 0 Å². The van der Waals surface area contributed by atoms with Crippen LogP contribution < -0.4 is 5.32 Å². The Balaban J connectivity index is 1.96. The third kappa shape index (κ3) is 3.42. The molecular weight excluding hydrogens is 327 g/mol. The average Bonchev–Trinajstić information content (AvgIpc) is 3.04. The summed E-state index contributed by atoms with van der Waals surface area (Å²) in [7, 11) is 0. The molecule has 2 N–H and O–H groups in total. The standard InChI is InChI=1S/C16H11FN6O2/c17-13-8-19-16(21-10-7-20-23(9-10)6-5-18)22-14(13)11-3-1-2-4-12(11)15(24)25/h1-4,7-9H,6H2,(H,24,25)(H,19,21,22). The molecule has 0 unspecified atom stereocenters. The Morgan fingerprint density at radius 1 is 1.36 bits per heavy atom. The Morgan fingerprint density at radius 3 is 2.92 bits per heavy atom. The van der Waals surface area contributed by atoms with E-state index in [0.717, 1.165) is 6.20 Å². The molecule has 0 fully saturated rings. The highest BCUT2D eigenvalue weighted by Crippen LogP contribution is 2.25. The number of aromatic carboxylic acids is 1. The van der Waals surface area contributed by atoms with Gasteiger partial charge < -0.3 is 10.4 Å². The van der Waals surface area contributed by atoms with E-state index in [1.165, 1.54) is 23.0 Å². The predicted octanol–water partition coefficient (Wildman–Crippen LogP) is 2.44. The van der Waals surface area contributed by atoms with Gasteiger partial charge in [0.1, 0.15) is 12.2 Å². The van der Waals surface area contributed by atoms with Crippen molar-refractivity contribution in [3.63, 3.8) is 0 Å². The number of aromatic nitrogens is 4. The lowest BCUT2D eigenvalue weighted by molar-refractivity contribution is 0.0697. The molecule has 0 spiro atoms. The molecule has 25 heavy (non-hydrogen) atoms. The topological polar surface area (TPSA) is 117 Å². The smallest absolute Gasteiger partial charge is 0.336 e. The molecule has 0 saturated heterocycles. The largest absolute Gasteiger partial charge is 0.478 e. The fourth-order valence-corrected chi connectivity index (χ4v) is 2.21. The third-order valence-corrected chi connectivity index (χ3v) is 3.28. The Kier molecular flexibility index (Phi) is 4.34. The Hall–Kier alpha value is -3.80. The number of carboxylic acid groups (broad SMARTS) is 1. The van der Waals surface area contributed by atoms with Gasteiger partial charge in [0.15, 0.2) is 5.82 Å². The zero-order valence-electron chi connectivity index (χ0n) is 12.7. The molecule has 0 aliphatic carbocycles. The molecule has 0 bridgehead atoms. The van der Waals surface area contributed by atoms with Gasteiger partial charge in [-0.3, -0.25) is 4.68 Å². The maximum Gasteiger partial charge on any atom is 0.336 e. The summed E-state index contributed by atoms with van der Waals surface area (Å²) in [5, 5.41) is 24.7. The number of rotatable bonds is 5. The van der Waals surface area contributed by atoms with Crippen molar-refractivity contribution in [3.8, 4) is 17.3 Å². The summed E-state index contributed by atoms with van der Waals surface area (Å²) >= 11 is 0. The van der Waals surface area contributed by atoms with Gasteiger partial charge in [-0.25, -0.2) is 19.2 Å². The normalized spacial score (nSPS) is 10.2. The van der Waals surface area contributed by atoms with Crippen LogP contribution in [0.2, 0.25) is 0 Å². The second kappa shape index (κ2) is 6.76. The summed E-state index contributed by atoms with van der Waals surface area (Å²) in [6.07, 6.45) is 4.00. The van der Waals surface area contributed by atoms with Crippen molar-refractivity contribution >= 4 is 17.6 Å². The maximum atomic E-state index is 14.1. The van der Waals surface area contributed by atoms with Crippen molar-refractivity contribution in [2.75, 3.05) is 5.32 Å². The molecule has 0 aliphatic rings. The molecular formula is C16H11FN6O2. The molecule has 8 nitrogen and oxygen atoms in total. The Bertz CT molecular complexity index is 979. The number of benzene rings is 1. The Labute approximate surface area is 141 Å². The van der Waals surface area contributed by atoms with E-state index in [0.29, 0.717) is 5.69 Å². The zero-order chi connectivity index (χ0) is 17.8. The van der Waals surface area contributed by atoms with E-state index in [1.807, 2.05) is 6.07 Å². The summed E-state index contributed by atoms with van der Waals surface area (Å²) in [5.74, 6) is -1.84. The maximum absolute atomic E-state index is 14.1. The summed E-state index contributed by atoms with van der Waals surface area (Å²) < 4.78 is 15.6. The minimum atomic E-state index is -1.18. The van der Waals surface area contributed by atoms with Crippen molar-refractivity contribution in [1.29, 1.82) is 5.26 Å². The van der Waals surface area contributed by atoms with E-state index in [2.05, 4.69) is 20.4 Å². The summed E-state index contributed by atoms with van der Waals surface area (Å²) in [6, 6.07) is 7.95. The van der Waals surface area contributed by atoms with Crippen LogP contribution in [0.5, 0.6) is 0 Å². The number of hydrogen-bond donors (Lipinski definition) is 2. The number of hydrogen-bond acceptors (Lipinski definition) is 6. The average molecular weight is 338 g/mol. The SMILES string of the molecule is N#CCn1cc(Nc2ncc(F)c(-c3ccccc3C(=O)O)n2)cn1. The highest BCUT2D eigenvalue weighted by molar-refractivity contribution is 5.95. The van der Waals surface area contributed by atoms with Crippen molar-refractivity contribution in [1.82, 2.24) is 19.7 Å². The first kappa shape index (κ1) is 16.1. The second-order valence-electron chi connectivity index (χ2n) is 4.95. The number of nitrogens with one attached hydrogen (secondary N) is 1. The van der Waals surface area contributed by atoms with Gasteiger partial charge in [-0.2, -0.15) is 10.4 Å². The van der Waals surface area contributed by atoms with Crippen LogP contribution in [-0.4, -0.2) is 30.8 Å². The van der Waals surface area contributed by atoms with Crippen LogP contribution in [-0.2, 0) is 6.54 Å². The van der Waals surface area contributed by atoms with Gasteiger partial charge in [-0.15, -0.1) is 0 Å². The van der Waals surface area contributed by atoms with E-state index >= 15 is 0 Å². The first-order chi connectivity index (χ1) is 12.1. The van der Waals surface area contributed by atoms with Gasteiger partial charge in [0.05, 0.1) is 29.7 Å². The van der Waals surface area contributed by atoms with Crippen LogP contribution >= 0.6 is 0 Å². The molecule has 1 aromatic carbocycles. The molecule has 0 atom stereocenters. The van der Waals surface area contributed by atoms with Crippen molar-refractivity contribution in [2.45, 2.75) is 6.54 Å². The fraction of sp³-hybridized carbons (Fsp3) is 0.0625. The highest BCUT2D eigenvalue weighted by Gasteiger charge is 2.17. The lowest BCUT2D eigenvalue weighted by atomic mass is 10.0. The third-order valence-electron chi connectivity index (χ3n) is 3.28. The second-order valence-corrected chi connectivity index (χ2v) is 4.95. The summed E-state index contributed by atoms with van der Waals surface area (Å²) in [4.78, 5) is 19.2. The van der Waals surface area contributed by atoms with Crippen LogP contribution in [0, 0.1) is 17.1 Å². The number of nitrogens with zero attached hydrogens (tertiary/aromatic N) is 5. The first-order valence-corrected chi connectivity index (χ1v) is 7.10. The van der Waals surface area contributed by atoms with Crippen molar-refractivity contribution < 1.29 is 14.3 Å². The minimum absolute atomic E-state index is 0.0621. The van der Waals surface area contributed by atoms with Crippen molar-refractivity contribution in [2.24, 2.45) is 0 Å². The lowest BCUT2D eigenvalue weighted by Crippen LogP contribution is -2.04. The highest BCUT2D eigenvalue weighted by atomic mass is 19.1.